The van der Waals surface area contributed by atoms with Gasteiger partial charge in [0.05, 0.1) is 19.3 Å². The van der Waals surface area contributed by atoms with Crippen LogP contribution in [0.5, 0.6) is 0 Å². The van der Waals surface area contributed by atoms with Crippen molar-refractivity contribution in [3.05, 3.63) is 47.0 Å². The van der Waals surface area contributed by atoms with E-state index in [1.807, 2.05) is 18.3 Å². The molecule has 1 atom stereocenters. The Hall–Kier alpha value is -2.58. The second-order valence-electron chi connectivity index (χ2n) is 7.22. The van der Waals surface area contributed by atoms with Crippen LogP contribution >= 0.6 is 0 Å². The average molecular weight is 382 g/mol. The standard InChI is InChI=1S/C20H26N6O2/c21-20-24-16-6-2-1-5-15(16)18(25-20)19(27)23-13-17(14-4-3-7-22-12-14)26-8-10-28-11-9-26/h3-4,7,12,17H,1-2,5-6,8-11,13H2,(H,23,27)(H2,21,24,25). The number of pyridine rings is 1. The molecule has 1 fully saturated rings. The number of nitrogen functional groups attached to an aromatic ring is 1. The van der Waals surface area contributed by atoms with Gasteiger partial charge in [0, 0.05) is 43.3 Å². The number of rotatable bonds is 5. The molecule has 1 saturated heterocycles. The lowest BCUT2D eigenvalue weighted by Gasteiger charge is -2.34. The summed E-state index contributed by atoms with van der Waals surface area (Å²) >= 11 is 0. The maximum atomic E-state index is 13.0. The predicted octanol–water partition coefficient (Wildman–Crippen LogP) is 1.14. The van der Waals surface area contributed by atoms with Crippen LogP contribution in [-0.4, -0.2) is 58.6 Å². The molecule has 2 aromatic rings. The lowest BCUT2D eigenvalue weighted by atomic mass is 9.94. The summed E-state index contributed by atoms with van der Waals surface area (Å²) in [6.07, 6.45) is 7.42. The first-order valence-corrected chi connectivity index (χ1v) is 9.87. The van der Waals surface area contributed by atoms with Gasteiger partial charge in [-0.2, -0.15) is 0 Å². The number of hydrogen-bond acceptors (Lipinski definition) is 7. The molecule has 2 aliphatic rings. The topological polar surface area (TPSA) is 106 Å². The van der Waals surface area contributed by atoms with Gasteiger partial charge in [0.1, 0.15) is 5.69 Å². The van der Waals surface area contributed by atoms with Crippen LogP contribution in [0.15, 0.2) is 24.5 Å². The number of aromatic nitrogens is 3. The fraction of sp³-hybridized carbons (Fsp3) is 0.500. The molecule has 0 bridgehead atoms. The summed E-state index contributed by atoms with van der Waals surface area (Å²) in [5.41, 5.74) is 9.22. The average Bonchev–Trinajstić information content (AvgIpc) is 2.74. The molecule has 2 aromatic heterocycles. The smallest absolute Gasteiger partial charge is 0.270 e. The van der Waals surface area contributed by atoms with Crippen LogP contribution in [0.2, 0.25) is 0 Å². The normalized spacial score (nSPS) is 18.3. The van der Waals surface area contributed by atoms with Crippen molar-refractivity contribution < 1.29 is 9.53 Å². The van der Waals surface area contributed by atoms with Gasteiger partial charge in [-0.05, 0) is 37.3 Å². The summed E-state index contributed by atoms with van der Waals surface area (Å²) in [4.78, 5) is 28.1. The number of anilines is 1. The van der Waals surface area contributed by atoms with Crippen LogP contribution in [0.25, 0.3) is 0 Å². The lowest BCUT2D eigenvalue weighted by Crippen LogP contribution is -2.44. The van der Waals surface area contributed by atoms with E-state index in [0.717, 1.165) is 55.6 Å². The second kappa shape index (κ2) is 8.62. The summed E-state index contributed by atoms with van der Waals surface area (Å²) in [6.45, 7) is 3.51. The number of aryl methyl sites for hydroxylation is 1. The van der Waals surface area contributed by atoms with E-state index in [2.05, 4.69) is 25.2 Å². The van der Waals surface area contributed by atoms with Gasteiger partial charge < -0.3 is 15.8 Å². The minimum Gasteiger partial charge on any atom is -0.379 e. The Kier molecular flexibility index (Phi) is 5.78. The molecule has 1 aliphatic heterocycles. The molecule has 1 unspecified atom stereocenters. The van der Waals surface area contributed by atoms with Crippen molar-refractivity contribution in [2.24, 2.45) is 0 Å². The Bertz CT molecular complexity index is 823. The monoisotopic (exact) mass is 382 g/mol. The van der Waals surface area contributed by atoms with Gasteiger partial charge in [-0.1, -0.05) is 6.07 Å². The van der Waals surface area contributed by atoms with Gasteiger partial charge in [-0.3, -0.25) is 14.7 Å². The third-order valence-corrected chi connectivity index (χ3v) is 5.43. The number of amides is 1. The van der Waals surface area contributed by atoms with Crippen LogP contribution in [0.4, 0.5) is 5.95 Å². The summed E-state index contributed by atoms with van der Waals surface area (Å²) in [7, 11) is 0. The molecule has 3 heterocycles. The number of nitrogens with one attached hydrogen (secondary N) is 1. The maximum absolute atomic E-state index is 13.0. The first-order chi connectivity index (χ1) is 13.7. The van der Waals surface area contributed by atoms with E-state index in [-0.39, 0.29) is 17.9 Å². The van der Waals surface area contributed by atoms with Crippen molar-refractivity contribution in [3.8, 4) is 0 Å². The molecule has 4 rings (SSSR count). The molecule has 148 valence electrons. The van der Waals surface area contributed by atoms with Gasteiger partial charge in [0.2, 0.25) is 5.95 Å². The zero-order valence-electron chi connectivity index (χ0n) is 15.9. The van der Waals surface area contributed by atoms with Crippen LogP contribution in [-0.2, 0) is 17.6 Å². The number of hydrogen-bond donors (Lipinski definition) is 2. The fourth-order valence-corrected chi connectivity index (χ4v) is 3.99. The largest absolute Gasteiger partial charge is 0.379 e. The van der Waals surface area contributed by atoms with E-state index in [1.54, 1.807) is 6.20 Å². The molecule has 28 heavy (non-hydrogen) atoms. The van der Waals surface area contributed by atoms with E-state index >= 15 is 0 Å². The molecular formula is C20H26N6O2. The van der Waals surface area contributed by atoms with E-state index in [0.29, 0.717) is 25.5 Å². The van der Waals surface area contributed by atoms with Crippen LogP contribution < -0.4 is 11.1 Å². The molecule has 8 heteroatoms. The number of ether oxygens (including phenoxy) is 1. The second-order valence-corrected chi connectivity index (χ2v) is 7.22. The Morgan fingerprint density at radius 1 is 1.25 bits per heavy atom. The zero-order valence-corrected chi connectivity index (χ0v) is 15.9. The number of carbonyl (C=O) groups is 1. The lowest BCUT2D eigenvalue weighted by molar-refractivity contribution is 0.0161. The summed E-state index contributed by atoms with van der Waals surface area (Å²) < 4.78 is 5.48. The highest BCUT2D eigenvalue weighted by atomic mass is 16.5. The maximum Gasteiger partial charge on any atom is 0.270 e. The number of nitrogens with two attached hydrogens (primary N) is 1. The highest BCUT2D eigenvalue weighted by Gasteiger charge is 2.26. The van der Waals surface area contributed by atoms with Crippen LogP contribution in [0.3, 0.4) is 0 Å². The Labute approximate surface area is 164 Å². The first kappa shape index (κ1) is 18.8. The van der Waals surface area contributed by atoms with Crippen molar-refractivity contribution in [1.29, 1.82) is 0 Å². The third-order valence-electron chi connectivity index (χ3n) is 5.43. The van der Waals surface area contributed by atoms with Gasteiger partial charge in [0.25, 0.3) is 5.91 Å². The third kappa shape index (κ3) is 4.13. The van der Waals surface area contributed by atoms with Crippen molar-refractivity contribution in [3.63, 3.8) is 0 Å². The Morgan fingerprint density at radius 3 is 2.86 bits per heavy atom. The van der Waals surface area contributed by atoms with Crippen LogP contribution in [0.1, 0.15) is 46.2 Å². The van der Waals surface area contributed by atoms with Crippen LogP contribution in [0, 0.1) is 0 Å². The summed E-state index contributed by atoms with van der Waals surface area (Å²) in [6, 6.07) is 4.01. The predicted molar refractivity (Wildman–Crippen MR) is 105 cm³/mol. The summed E-state index contributed by atoms with van der Waals surface area (Å²) in [5, 5.41) is 3.08. The summed E-state index contributed by atoms with van der Waals surface area (Å²) in [5.74, 6) is -0.0165. The Morgan fingerprint density at radius 2 is 2.07 bits per heavy atom. The van der Waals surface area contributed by atoms with Gasteiger partial charge in [-0.25, -0.2) is 9.97 Å². The molecule has 3 N–H and O–H groups in total. The quantitative estimate of drug-likeness (QED) is 0.798. The van der Waals surface area contributed by atoms with E-state index in [4.69, 9.17) is 10.5 Å². The SMILES string of the molecule is Nc1nc2c(c(C(=O)NCC(c3cccnc3)N3CCOCC3)n1)CCCC2. The van der Waals surface area contributed by atoms with Gasteiger partial charge in [-0.15, -0.1) is 0 Å². The van der Waals surface area contributed by atoms with Crippen molar-refractivity contribution >= 4 is 11.9 Å². The number of nitrogens with zero attached hydrogens (tertiary/aromatic N) is 4. The van der Waals surface area contributed by atoms with Crippen molar-refractivity contribution in [2.75, 3.05) is 38.6 Å². The minimum atomic E-state index is -0.186. The molecule has 1 amide bonds. The molecule has 0 spiro atoms. The molecule has 0 radical (unpaired) electrons. The zero-order chi connectivity index (χ0) is 19.3. The minimum absolute atomic E-state index is 0.0385. The highest BCUT2D eigenvalue weighted by molar-refractivity contribution is 5.94. The van der Waals surface area contributed by atoms with E-state index in [9.17, 15) is 4.79 Å². The number of fused-ring (bicyclic) bond motifs is 1. The van der Waals surface area contributed by atoms with E-state index < -0.39 is 0 Å². The molecule has 8 nitrogen and oxygen atoms in total. The van der Waals surface area contributed by atoms with Crippen molar-refractivity contribution in [1.82, 2.24) is 25.2 Å². The fourth-order valence-electron chi connectivity index (χ4n) is 3.99. The first-order valence-electron chi connectivity index (χ1n) is 9.87. The van der Waals surface area contributed by atoms with Gasteiger partial charge in [0.15, 0.2) is 0 Å². The molecule has 1 aliphatic carbocycles. The molecule has 0 aromatic carbocycles. The van der Waals surface area contributed by atoms with E-state index in [1.165, 1.54) is 0 Å². The van der Waals surface area contributed by atoms with Gasteiger partial charge >= 0.3 is 0 Å². The highest BCUT2D eigenvalue weighted by Crippen LogP contribution is 2.24. The van der Waals surface area contributed by atoms with Crippen molar-refractivity contribution in [2.45, 2.75) is 31.7 Å². The number of carbonyl (C=O) groups excluding carboxylic acids is 1. The Balaban J connectivity index is 1.52. The molecule has 0 saturated carbocycles. The molecular weight excluding hydrogens is 356 g/mol. The number of morpholine rings is 1.